The van der Waals surface area contributed by atoms with Crippen LogP contribution in [0.2, 0.25) is 0 Å². The molecule has 0 nitrogen and oxygen atoms in total. The molecule has 156 valence electrons. The van der Waals surface area contributed by atoms with Crippen molar-refractivity contribution in [1.82, 2.24) is 0 Å². The van der Waals surface area contributed by atoms with Gasteiger partial charge in [-0.2, -0.15) is 0 Å². The van der Waals surface area contributed by atoms with E-state index in [2.05, 4.69) is 124 Å². The fourth-order valence-electron chi connectivity index (χ4n) is 4.88. The van der Waals surface area contributed by atoms with Crippen LogP contribution in [-0.2, 0) is 0 Å². The van der Waals surface area contributed by atoms with Gasteiger partial charge in [0.2, 0.25) is 0 Å². The smallest absolute Gasteiger partial charge is 0.00296 e. The largest absolute Gasteiger partial charge is 0.0791 e. The van der Waals surface area contributed by atoms with Crippen molar-refractivity contribution in [2.45, 2.75) is 27.2 Å². The molecule has 0 N–H and O–H groups in total. The lowest BCUT2D eigenvalue weighted by atomic mass is 9.87. The molecule has 0 aliphatic heterocycles. The molecule has 5 aromatic carbocycles. The predicted molar refractivity (Wildman–Crippen MR) is 141 cm³/mol. The minimum absolute atomic E-state index is 0.995. The third-order valence-corrected chi connectivity index (χ3v) is 6.37. The zero-order chi connectivity index (χ0) is 22.1. The number of hydrogen-bond donors (Lipinski definition) is 0. The highest BCUT2D eigenvalue weighted by Gasteiger charge is 2.14. The Morgan fingerprint density at radius 2 is 1.22 bits per heavy atom. The Bertz CT molecular complexity index is 1550. The van der Waals surface area contributed by atoms with E-state index >= 15 is 0 Å². The van der Waals surface area contributed by atoms with E-state index in [1.807, 2.05) is 0 Å². The van der Waals surface area contributed by atoms with Gasteiger partial charge in [-0.05, 0) is 80.6 Å². The lowest BCUT2D eigenvalue weighted by molar-refractivity contribution is 1.28. The number of rotatable bonds is 3. The SMILES string of the molecule is C/C=c1/c(-c2ccc3ccccc3c2)c2ccccc2c(-c2ccc(C)cc2)/c1=C/CC. The molecule has 0 atom stereocenters. The highest BCUT2D eigenvalue weighted by Crippen LogP contribution is 2.32. The number of aryl methyl sites for hydroxylation is 1. The molecule has 0 radical (unpaired) electrons. The summed E-state index contributed by atoms with van der Waals surface area (Å²) in [4.78, 5) is 0. The average Bonchev–Trinajstić information content (AvgIpc) is 2.84. The molecule has 5 rings (SSSR count). The van der Waals surface area contributed by atoms with E-state index in [0.29, 0.717) is 0 Å². The van der Waals surface area contributed by atoms with E-state index in [9.17, 15) is 0 Å². The van der Waals surface area contributed by atoms with Crippen LogP contribution in [0.4, 0.5) is 0 Å². The molecule has 0 aliphatic rings. The maximum atomic E-state index is 2.39. The molecule has 0 aromatic heterocycles. The molecule has 0 amide bonds. The van der Waals surface area contributed by atoms with E-state index in [-0.39, 0.29) is 0 Å². The molecule has 32 heavy (non-hydrogen) atoms. The quantitative estimate of drug-likeness (QED) is 0.286. The van der Waals surface area contributed by atoms with Crippen molar-refractivity contribution in [3.63, 3.8) is 0 Å². The Balaban J connectivity index is 1.96. The van der Waals surface area contributed by atoms with Crippen molar-refractivity contribution < 1.29 is 0 Å². The molecule has 0 unspecified atom stereocenters. The molecular weight excluding hydrogens is 384 g/mol. The van der Waals surface area contributed by atoms with Crippen LogP contribution in [0, 0.1) is 6.92 Å². The minimum Gasteiger partial charge on any atom is -0.0791 e. The molecular formula is C32H28. The van der Waals surface area contributed by atoms with Crippen LogP contribution in [0.15, 0.2) is 91.0 Å². The lowest BCUT2D eigenvalue weighted by Gasteiger charge is -2.16. The Hall–Kier alpha value is -3.64. The summed E-state index contributed by atoms with van der Waals surface area (Å²) < 4.78 is 0. The minimum atomic E-state index is 0.995. The van der Waals surface area contributed by atoms with Crippen molar-refractivity contribution in [1.29, 1.82) is 0 Å². The fraction of sp³-hybridized carbons (Fsp3) is 0.125. The molecule has 0 bridgehead atoms. The topological polar surface area (TPSA) is 0 Å². The van der Waals surface area contributed by atoms with Crippen molar-refractivity contribution in [3.05, 3.63) is 107 Å². The highest BCUT2D eigenvalue weighted by atomic mass is 14.2. The van der Waals surface area contributed by atoms with E-state index in [4.69, 9.17) is 0 Å². The van der Waals surface area contributed by atoms with Crippen LogP contribution in [0.25, 0.3) is 56.0 Å². The molecule has 0 heterocycles. The van der Waals surface area contributed by atoms with Gasteiger partial charge in [-0.1, -0.05) is 110 Å². The molecule has 0 saturated heterocycles. The van der Waals surface area contributed by atoms with Gasteiger partial charge in [0.25, 0.3) is 0 Å². The van der Waals surface area contributed by atoms with Crippen LogP contribution >= 0.6 is 0 Å². The standard InChI is InChI=1S/C32H28/c1-4-10-28-27(5-2)32(26-20-19-23-11-6-7-12-25(23)21-26)30-14-9-8-13-29(30)31(28)24-17-15-22(3)16-18-24/h5-21H,4H2,1-3H3/b27-5+,28-10+. The monoisotopic (exact) mass is 412 g/mol. The Kier molecular flexibility index (Phi) is 5.37. The predicted octanol–water partition coefficient (Wildman–Crippen LogP) is 7.63. The van der Waals surface area contributed by atoms with E-state index in [1.165, 1.54) is 59.8 Å². The summed E-state index contributed by atoms with van der Waals surface area (Å²) in [6.45, 7) is 6.54. The third-order valence-electron chi connectivity index (χ3n) is 6.37. The van der Waals surface area contributed by atoms with Crippen LogP contribution in [0.5, 0.6) is 0 Å². The van der Waals surface area contributed by atoms with E-state index < -0.39 is 0 Å². The van der Waals surface area contributed by atoms with Gasteiger partial charge in [0.1, 0.15) is 0 Å². The zero-order valence-corrected chi connectivity index (χ0v) is 19.0. The Labute approximate surface area is 190 Å². The molecule has 0 saturated carbocycles. The molecule has 5 aromatic rings. The van der Waals surface area contributed by atoms with Gasteiger partial charge in [-0.15, -0.1) is 0 Å². The van der Waals surface area contributed by atoms with Crippen molar-refractivity contribution in [2.75, 3.05) is 0 Å². The second-order valence-electron chi connectivity index (χ2n) is 8.45. The summed E-state index contributed by atoms with van der Waals surface area (Å²) in [5, 5.41) is 7.82. The molecule has 0 heteroatoms. The Morgan fingerprint density at radius 1 is 0.625 bits per heavy atom. The first-order valence-corrected chi connectivity index (χ1v) is 11.5. The summed E-state index contributed by atoms with van der Waals surface area (Å²) in [5.41, 5.74) is 6.49. The van der Waals surface area contributed by atoms with Crippen LogP contribution in [0.1, 0.15) is 25.8 Å². The first-order valence-electron chi connectivity index (χ1n) is 11.5. The van der Waals surface area contributed by atoms with Gasteiger partial charge in [-0.3, -0.25) is 0 Å². The van der Waals surface area contributed by atoms with Crippen molar-refractivity contribution in [2.24, 2.45) is 0 Å². The Morgan fingerprint density at radius 3 is 1.88 bits per heavy atom. The summed E-state index contributed by atoms with van der Waals surface area (Å²) in [6.07, 6.45) is 5.67. The summed E-state index contributed by atoms with van der Waals surface area (Å²) >= 11 is 0. The average molecular weight is 413 g/mol. The normalized spacial score (nSPS) is 12.7. The van der Waals surface area contributed by atoms with Gasteiger partial charge < -0.3 is 0 Å². The zero-order valence-electron chi connectivity index (χ0n) is 19.0. The highest BCUT2D eigenvalue weighted by molar-refractivity contribution is 6.06. The second kappa shape index (κ2) is 8.48. The van der Waals surface area contributed by atoms with Gasteiger partial charge in [0, 0.05) is 0 Å². The second-order valence-corrected chi connectivity index (χ2v) is 8.45. The molecule has 0 spiro atoms. The van der Waals surface area contributed by atoms with Crippen molar-refractivity contribution >= 4 is 33.7 Å². The summed E-state index contributed by atoms with van der Waals surface area (Å²) in [5.74, 6) is 0. The first kappa shape index (κ1) is 20.3. The third kappa shape index (κ3) is 3.42. The molecule has 0 aliphatic carbocycles. The summed E-state index contributed by atoms with van der Waals surface area (Å²) in [7, 11) is 0. The molecule has 0 fully saturated rings. The fourth-order valence-corrected chi connectivity index (χ4v) is 4.88. The van der Waals surface area contributed by atoms with Gasteiger partial charge >= 0.3 is 0 Å². The number of hydrogen-bond acceptors (Lipinski definition) is 0. The number of benzene rings is 5. The maximum Gasteiger partial charge on any atom is -0.00296 e. The lowest BCUT2D eigenvalue weighted by Crippen LogP contribution is -2.29. The van der Waals surface area contributed by atoms with Crippen LogP contribution in [-0.4, -0.2) is 0 Å². The van der Waals surface area contributed by atoms with Crippen LogP contribution in [0.3, 0.4) is 0 Å². The first-order chi connectivity index (χ1) is 15.7. The van der Waals surface area contributed by atoms with Crippen molar-refractivity contribution in [3.8, 4) is 22.3 Å². The van der Waals surface area contributed by atoms with Gasteiger partial charge in [0.15, 0.2) is 0 Å². The number of fused-ring (bicyclic) bond motifs is 2. The van der Waals surface area contributed by atoms with E-state index in [1.54, 1.807) is 0 Å². The van der Waals surface area contributed by atoms with E-state index in [0.717, 1.165) is 6.42 Å². The van der Waals surface area contributed by atoms with Gasteiger partial charge in [0.05, 0.1) is 0 Å². The van der Waals surface area contributed by atoms with Crippen LogP contribution < -0.4 is 10.4 Å². The maximum absolute atomic E-state index is 2.39. The summed E-state index contributed by atoms with van der Waals surface area (Å²) in [6, 6.07) is 33.3. The van der Waals surface area contributed by atoms with Gasteiger partial charge in [-0.25, -0.2) is 0 Å².